The molecule has 0 aliphatic heterocycles. The van der Waals surface area contributed by atoms with Crippen molar-refractivity contribution in [1.82, 2.24) is 5.43 Å². The summed E-state index contributed by atoms with van der Waals surface area (Å²) in [4.78, 5) is 15.2. The van der Waals surface area contributed by atoms with Crippen LogP contribution in [0.25, 0.3) is 0 Å². The molecule has 8 N–H and O–H groups in total. The van der Waals surface area contributed by atoms with Gasteiger partial charge in [0.15, 0.2) is 5.96 Å². The minimum Gasteiger partial charge on any atom is -0.480 e. The molecule has 18 heavy (non-hydrogen) atoms. The molecule has 0 amide bonds. The molecule has 0 radical (unpaired) electrons. The molecule has 0 spiro atoms. The Balaban J connectivity index is 4.37. The molecule has 0 aromatic rings. The van der Waals surface area contributed by atoms with Crippen molar-refractivity contribution in [3.63, 3.8) is 0 Å². The van der Waals surface area contributed by atoms with Crippen molar-refractivity contribution in [3.8, 4) is 0 Å². The van der Waals surface area contributed by atoms with Gasteiger partial charge in [-0.3, -0.25) is 15.6 Å². The number of unbranched alkanes of at least 4 members (excludes halogenated alkanes) is 2. The highest BCUT2D eigenvalue weighted by Gasteiger charge is 2.36. The number of nitrogens with one attached hydrogen (secondary N) is 1. The topological polar surface area (TPSA) is 140 Å². The predicted octanol–water partition coefficient (Wildman–Crippen LogP) is -0.0930. The van der Waals surface area contributed by atoms with Gasteiger partial charge in [-0.05, 0) is 19.3 Å². The van der Waals surface area contributed by atoms with E-state index >= 15 is 0 Å². The van der Waals surface area contributed by atoms with E-state index in [-0.39, 0.29) is 5.96 Å². The van der Waals surface area contributed by atoms with Crippen molar-refractivity contribution >= 4 is 11.9 Å². The zero-order valence-corrected chi connectivity index (χ0v) is 11.0. The first kappa shape index (κ1) is 16.7. The average molecular weight is 259 g/mol. The molecule has 0 saturated carbocycles. The van der Waals surface area contributed by atoms with Crippen LogP contribution >= 0.6 is 0 Å². The SMILES string of the molecule is CCCCC[C@@](CCCN=C(N)N)(NN)C(=O)O. The van der Waals surface area contributed by atoms with E-state index in [1.807, 2.05) is 0 Å². The lowest BCUT2D eigenvalue weighted by Gasteiger charge is -2.28. The van der Waals surface area contributed by atoms with Gasteiger partial charge in [-0.1, -0.05) is 26.2 Å². The van der Waals surface area contributed by atoms with Crippen molar-refractivity contribution in [2.45, 2.75) is 51.0 Å². The van der Waals surface area contributed by atoms with E-state index in [0.29, 0.717) is 25.8 Å². The molecule has 0 aromatic carbocycles. The normalized spacial score (nSPS) is 13.9. The van der Waals surface area contributed by atoms with Crippen LogP contribution in [0.3, 0.4) is 0 Å². The Labute approximate surface area is 108 Å². The second-order valence-corrected chi connectivity index (χ2v) is 4.40. The minimum atomic E-state index is -1.08. The van der Waals surface area contributed by atoms with Gasteiger partial charge in [-0.2, -0.15) is 0 Å². The monoisotopic (exact) mass is 259 g/mol. The standard InChI is InChI=1S/C11H25N5O2/c1-2-3-4-6-11(16-14,9(17)18)7-5-8-15-10(12)13/h16H,2-8,14H2,1H3,(H,17,18)(H4,12,13,15)/t11-/m0/s1. The molecule has 106 valence electrons. The average Bonchev–Trinajstić information content (AvgIpc) is 2.32. The summed E-state index contributed by atoms with van der Waals surface area (Å²) in [5, 5.41) is 9.30. The molecule has 0 rings (SSSR count). The van der Waals surface area contributed by atoms with Gasteiger partial charge in [0.05, 0.1) is 0 Å². The van der Waals surface area contributed by atoms with E-state index in [2.05, 4.69) is 17.3 Å². The maximum Gasteiger partial charge on any atom is 0.325 e. The van der Waals surface area contributed by atoms with Gasteiger partial charge >= 0.3 is 5.97 Å². The van der Waals surface area contributed by atoms with Crippen LogP contribution in [0.2, 0.25) is 0 Å². The van der Waals surface area contributed by atoms with Gasteiger partial charge in [-0.15, -0.1) is 0 Å². The van der Waals surface area contributed by atoms with Crippen LogP contribution < -0.4 is 22.7 Å². The largest absolute Gasteiger partial charge is 0.480 e. The third kappa shape index (κ3) is 5.83. The third-order valence-electron chi connectivity index (χ3n) is 2.95. The first-order valence-electron chi connectivity index (χ1n) is 6.25. The third-order valence-corrected chi connectivity index (χ3v) is 2.95. The Morgan fingerprint density at radius 2 is 1.89 bits per heavy atom. The van der Waals surface area contributed by atoms with E-state index in [1.54, 1.807) is 0 Å². The second-order valence-electron chi connectivity index (χ2n) is 4.40. The number of carbonyl (C=O) groups is 1. The van der Waals surface area contributed by atoms with Crippen molar-refractivity contribution in [2.24, 2.45) is 22.3 Å². The number of carboxylic acid groups (broad SMARTS) is 1. The highest BCUT2D eigenvalue weighted by Crippen LogP contribution is 2.21. The predicted molar refractivity (Wildman–Crippen MR) is 71.7 cm³/mol. The van der Waals surface area contributed by atoms with Crippen LogP contribution in [-0.2, 0) is 4.79 Å². The summed E-state index contributed by atoms with van der Waals surface area (Å²) in [5.74, 6) is 4.51. The minimum absolute atomic E-state index is 0.0163. The van der Waals surface area contributed by atoms with E-state index in [1.165, 1.54) is 0 Å². The smallest absolute Gasteiger partial charge is 0.325 e. The Morgan fingerprint density at radius 3 is 2.33 bits per heavy atom. The zero-order chi connectivity index (χ0) is 14.0. The molecule has 0 aliphatic rings. The van der Waals surface area contributed by atoms with Crippen molar-refractivity contribution < 1.29 is 9.90 Å². The summed E-state index contributed by atoms with van der Waals surface area (Å²) in [7, 11) is 0. The van der Waals surface area contributed by atoms with E-state index in [9.17, 15) is 9.90 Å². The Morgan fingerprint density at radius 1 is 1.28 bits per heavy atom. The van der Waals surface area contributed by atoms with E-state index < -0.39 is 11.5 Å². The summed E-state index contributed by atoms with van der Waals surface area (Å²) in [6.45, 7) is 2.48. The van der Waals surface area contributed by atoms with Crippen LogP contribution in [0.1, 0.15) is 45.4 Å². The molecule has 0 aromatic heterocycles. The first-order valence-corrected chi connectivity index (χ1v) is 6.25. The van der Waals surface area contributed by atoms with Crippen LogP contribution in [0, 0.1) is 0 Å². The first-order chi connectivity index (χ1) is 8.48. The number of nitrogens with zero attached hydrogens (tertiary/aromatic N) is 1. The molecule has 0 fully saturated rings. The number of aliphatic carboxylic acids is 1. The van der Waals surface area contributed by atoms with Gasteiger partial charge in [-0.25, -0.2) is 5.43 Å². The van der Waals surface area contributed by atoms with Crippen LogP contribution in [-0.4, -0.2) is 29.1 Å². The van der Waals surface area contributed by atoms with Gasteiger partial charge in [0, 0.05) is 6.54 Å². The van der Waals surface area contributed by atoms with Gasteiger partial charge in [0.25, 0.3) is 0 Å². The van der Waals surface area contributed by atoms with Gasteiger partial charge in [0.2, 0.25) is 0 Å². The molecule has 7 nitrogen and oxygen atoms in total. The zero-order valence-electron chi connectivity index (χ0n) is 11.0. The lowest BCUT2D eigenvalue weighted by Crippen LogP contribution is -2.55. The number of hydrazine groups is 1. The maximum absolute atomic E-state index is 11.3. The summed E-state index contributed by atoms with van der Waals surface area (Å²) in [5.41, 5.74) is 11.8. The molecule has 0 unspecified atom stereocenters. The quantitative estimate of drug-likeness (QED) is 0.122. The van der Waals surface area contributed by atoms with Crippen molar-refractivity contribution in [3.05, 3.63) is 0 Å². The molecule has 0 aliphatic carbocycles. The second kappa shape index (κ2) is 8.71. The van der Waals surface area contributed by atoms with Crippen LogP contribution in [0.4, 0.5) is 0 Å². The van der Waals surface area contributed by atoms with Gasteiger partial charge < -0.3 is 16.6 Å². The van der Waals surface area contributed by atoms with Crippen molar-refractivity contribution in [2.75, 3.05) is 6.54 Å². The molecular formula is C11H25N5O2. The van der Waals surface area contributed by atoms with Crippen LogP contribution in [0.5, 0.6) is 0 Å². The van der Waals surface area contributed by atoms with E-state index in [4.69, 9.17) is 17.3 Å². The van der Waals surface area contributed by atoms with Crippen LogP contribution in [0.15, 0.2) is 4.99 Å². The molecule has 0 saturated heterocycles. The number of aliphatic imine (C=N–C) groups is 1. The number of guanidine groups is 1. The fraction of sp³-hybridized carbons (Fsp3) is 0.818. The number of hydrogen-bond acceptors (Lipinski definition) is 4. The Hall–Kier alpha value is -1.34. The number of nitrogens with two attached hydrogens (primary N) is 3. The molecule has 0 heterocycles. The highest BCUT2D eigenvalue weighted by molar-refractivity contribution is 5.78. The number of hydrogen-bond donors (Lipinski definition) is 5. The van der Waals surface area contributed by atoms with E-state index in [0.717, 1.165) is 19.3 Å². The number of carboxylic acids is 1. The molecule has 1 atom stereocenters. The summed E-state index contributed by atoms with van der Waals surface area (Å²) in [6.07, 6.45) is 4.34. The summed E-state index contributed by atoms with van der Waals surface area (Å²) < 4.78 is 0. The highest BCUT2D eigenvalue weighted by atomic mass is 16.4. The summed E-state index contributed by atoms with van der Waals surface area (Å²) >= 11 is 0. The number of rotatable bonds is 10. The summed E-state index contributed by atoms with van der Waals surface area (Å²) in [6, 6.07) is 0. The maximum atomic E-state index is 11.3. The molecule has 7 heteroatoms. The lowest BCUT2D eigenvalue weighted by atomic mass is 9.88. The fourth-order valence-corrected chi connectivity index (χ4v) is 1.81. The fourth-order valence-electron chi connectivity index (χ4n) is 1.81. The van der Waals surface area contributed by atoms with Crippen molar-refractivity contribution in [1.29, 1.82) is 0 Å². The molecular weight excluding hydrogens is 234 g/mol. The van der Waals surface area contributed by atoms with Gasteiger partial charge in [0.1, 0.15) is 5.54 Å². The Bertz CT molecular complexity index is 279. The molecule has 0 bridgehead atoms. The Kier molecular flexibility index (Phi) is 8.06. The lowest BCUT2D eigenvalue weighted by molar-refractivity contribution is -0.145.